The summed E-state index contributed by atoms with van der Waals surface area (Å²) in [5, 5.41) is 5.29. The lowest BCUT2D eigenvalue weighted by molar-refractivity contribution is -0.00517. The van der Waals surface area contributed by atoms with E-state index in [-0.39, 0.29) is 18.1 Å². The van der Waals surface area contributed by atoms with Gasteiger partial charge in [0.05, 0.1) is 23.6 Å². The average molecular weight is 360 g/mol. The molecule has 0 unspecified atom stereocenters. The van der Waals surface area contributed by atoms with Crippen LogP contribution >= 0.6 is 0 Å². The van der Waals surface area contributed by atoms with Crippen molar-refractivity contribution in [2.24, 2.45) is 0 Å². The molecule has 1 heterocycles. The highest BCUT2D eigenvalue weighted by atomic mass is 16.5. The lowest BCUT2D eigenvalue weighted by Crippen LogP contribution is -2.45. The minimum Gasteiger partial charge on any atom is -0.372 e. The van der Waals surface area contributed by atoms with Gasteiger partial charge in [-0.05, 0) is 48.9 Å². The highest BCUT2D eigenvalue weighted by Gasteiger charge is 2.24. The first-order valence-electron chi connectivity index (χ1n) is 9.40. The van der Waals surface area contributed by atoms with E-state index in [1.54, 1.807) is 0 Å². The fraction of sp³-hybridized carbons (Fsp3) is 0.261. The number of hydrogen-bond donors (Lipinski definition) is 1. The molecular weight excluding hydrogens is 336 g/mol. The monoisotopic (exact) mass is 360 g/mol. The van der Waals surface area contributed by atoms with Crippen molar-refractivity contribution in [1.82, 2.24) is 0 Å². The Kier molecular flexibility index (Phi) is 4.82. The van der Waals surface area contributed by atoms with Crippen molar-refractivity contribution in [1.29, 1.82) is 0 Å². The standard InChI is InChI=1S/C23H24N2O2/c1-16-14-25(15-17(2)27-16)22-10-6-5-9-21(22)24-23(26)20-12-11-18-7-3-4-8-19(18)13-20/h3-13,16-17H,14-15H2,1-2H3,(H,24,26)/t16-,17+. The maximum Gasteiger partial charge on any atom is 0.255 e. The van der Waals surface area contributed by atoms with Crippen molar-refractivity contribution < 1.29 is 9.53 Å². The second kappa shape index (κ2) is 7.41. The molecule has 1 aliphatic rings. The van der Waals surface area contributed by atoms with Gasteiger partial charge in [0.2, 0.25) is 0 Å². The van der Waals surface area contributed by atoms with Crippen molar-refractivity contribution >= 4 is 28.1 Å². The largest absolute Gasteiger partial charge is 0.372 e. The van der Waals surface area contributed by atoms with Crippen LogP contribution in [-0.2, 0) is 4.74 Å². The normalized spacial score (nSPS) is 19.9. The molecule has 4 nitrogen and oxygen atoms in total. The molecule has 4 heteroatoms. The van der Waals surface area contributed by atoms with E-state index < -0.39 is 0 Å². The van der Waals surface area contributed by atoms with Crippen LogP contribution in [0.3, 0.4) is 0 Å². The van der Waals surface area contributed by atoms with Crippen LogP contribution < -0.4 is 10.2 Å². The summed E-state index contributed by atoms with van der Waals surface area (Å²) >= 11 is 0. The molecule has 138 valence electrons. The molecule has 1 amide bonds. The Morgan fingerprint density at radius 3 is 2.37 bits per heavy atom. The van der Waals surface area contributed by atoms with E-state index >= 15 is 0 Å². The molecule has 0 bridgehead atoms. The van der Waals surface area contributed by atoms with Gasteiger partial charge in [-0.2, -0.15) is 0 Å². The number of nitrogens with one attached hydrogen (secondary N) is 1. The molecule has 27 heavy (non-hydrogen) atoms. The molecule has 3 aromatic carbocycles. The van der Waals surface area contributed by atoms with Gasteiger partial charge in [0.25, 0.3) is 5.91 Å². The molecule has 1 N–H and O–H groups in total. The molecule has 1 aliphatic heterocycles. The molecule has 0 radical (unpaired) electrons. The summed E-state index contributed by atoms with van der Waals surface area (Å²) in [6.07, 6.45) is 0.330. The third kappa shape index (κ3) is 3.81. The highest BCUT2D eigenvalue weighted by molar-refractivity contribution is 6.07. The van der Waals surface area contributed by atoms with E-state index in [0.29, 0.717) is 5.56 Å². The Balaban J connectivity index is 1.59. The summed E-state index contributed by atoms with van der Waals surface area (Å²) < 4.78 is 5.84. The molecule has 0 saturated carbocycles. The predicted molar refractivity (Wildman–Crippen MR) is 111 cm³/mol. The second-order valence-corrected chi connectivity index (χ2v) is 7.20. The summed E-state index contributed by atoms with van der Waals surface area (Å²) in [6.45, 7) is 5.79. The van der Waals surface area contributed by atoms with Crippen molar-refractivity contribution in [3.8, 4) is 0 Å². The van der Waals surface area contributed by atoms with Gasteiger partial charge in [-0.3, -0.25) is 4.79 Å². The Hall–Kier alpha value is -2.85. The first-order chi connectivity index (χ1) is 13.1. The summed E-state index contributed by atoms with van der Waals surface area (Å²) in [6, 6.07) is 21.8. The molecule has 1 saturated heterocycles. The number of benzene rings is 3. The fourth-order valence-electron chi connectivity index (χ4n) is 3.75. The first-order valence-corrected chi connectivity index (χ1v) is 9.40. The molecule has 3 aromatic rings. The number of fused-ring (bicyclic) bond motifs is 1. The number of carbonyl (C=O) groups is 1. The van der Waals surface area contributed by atoms with E-state index in [0.717, 1.165) is 35.2 Å². The van der Waals surface area contributed by atoms with Gasteiger partial charge >= 0.3 is 0 Å². The molecular formula is C23H24N2O2. The number of hydrogen-bond acceptors (Lipinski definition) is 3. The first kappa shape index (κ1) is 17.6. The van der Waals surface area contributed by atoms with E-state index in [1.165, 1.54) is 0 Å². The maximum absolute atomic E-state index is 12.9. The zero-order valence-corrected chi connectivity index (χ0v) is 15.7. The van der Waals surface area contributed by atoms with E-state index in [4.69, 9.17) is 4.74 Å². The van der Waals surface area contributed by atoms with Crippen molar-refractivity contribution in [3.05, 3.63) is 72.3 Å². The molecule has 2 atom stereocenters. The van der Waals surface area contributed by atoms with Gasteiger partial charge in [0.15, 0.2) is 0 Å². The van der Waals surface area contributed by atoms with Crippen LogP contribution in [0.5, 0.6) is 0 Å². The molecule has 0 aromatic heterocycles. The van der Waals surface area contributed by atoms with Gasteiger partial charge in [0.1, 0.15) is 0 Å². The van der Waals surface area contributed by atoms with Gasteiger partial charge in [0, 0.05) is 18.7 Å². The Morgan fingerprint density at radius 2 is 1.59 bits per heavy atom. The van der Waals surface area contributed by atoms with Crippen LogP contribution in [0.1, 0.15) is 24.2 Å². The van der Waals surface area contributed by atoms with Crippen molar-refractivity contribution in [2.75, 3.05) is 23.3 Å². The third-order valence-corrected chi connectivity index (χ3v) is 4.92. The smallest absolute Gasteiger partial charge is 0.255 e. The highest BCUT2D eigenvalue weighted by Crippen LogP contribution is 2.29. The molecule has 4 rings (SSSR count). The third-order valence-electron chi connectivity index (χ3n) is 4.92. The number of ether oxygens (including phenoxy) is 1. The quantitative estimate of drug-likeness (QED) is 0.736. The minimum absolute atomic E-state index is 0.0949. The van der Waals surface area contributed by atoms with Crippen LogP contribution in [0.15, 0.2) is 66.7 Å². The lowest BCUT2D eigenvalue weighted by Gasteiger charge is -2.37. The minimum atomic E-state index is -0.0949. The number of rotatable bonds is 3. The fourth-order valence-corrected chi connectivity index (χ4v) is 3.75. The van der Waals surface area contributed by atoms with Gasteiger partial charge < -0.3 is 15.0 Å². The number of nitrogens with zero attached hydrogens (tertiary/aromatic N) is 1. The van der Waals surface area contributed by atoms with E-state index in [9.17, 15) is 4.79 Å². The number of para-hydroxylation sites is 2. The van der Waals surface area contributed by atoms with E-state index in [2.05, 4.69) is 30.1 Å². The van der Waals surface area contributed by atoms with Gasteiger partial charge in [-0.15, -0.1) is 0 Å². The summed E-state index contributed by atoms with van der Waals surface area (Å²) in [5.74, 6) is -0.0949. The predicted octanol–water partition coefficient (Wildman–Crippen LogP) is 4.71. The lowest BCUT2D eigenvalue weighted by atomic mass is 10.1. The number of amides is 1. The summed E-state index contributed by atoms with van der Waals surface area (Å²) in [4.78, 5) is 15.2. The van der Waals surface area contributed by atoms with Crippen molar-refractivity contribution in [2.45, 2.75) is 26.1 Å². The van der Waals surface area contributed by atoms with Crippen LogP contribution in [0.2, 0.25) is 0 Å². The van der Waals surface area contributed by atoms with Gasteiger partial charge in [-0.25, -0.2) is 0 Å². The Bertz CT molecular complexity index is 959. The van der Waals surface area contributed by atoms with Crippen LogP contribution in [0.4, 0.5) is 11.4 Å². The zero-order chi connectivity index (χ0) is 18.8. The summed E-state index contributed by atoms with van der Waals surface area (Å²) in [5.41, 5.74) is 2.53. The zero-order valence-electron chi connectivity index (χ0n) is 15.7. The maximum atomic E-state index is 12.9. The van der Waals surface area contributed by atoms with E-state index in [1.807, 2.05) is 60.7 Å². The molecule has 0 spiro atoms. The second-order valence-electron chi connectivity index (χ2n) is 7.20. The topological polar surface area (TPSA) is 41.6 Å². The summed E-state index contributed by atoms with van der Waals surface area (Å²) in [7, 11) is 0. The number of morpholine rings is 1. The Labute approximate surface area is 159 Å². The average Bonchev–Trinajstić information content (AvgIpc) is 2.67. The van der Waals surface area contributed by atoms with Crippen LogP contribution in [0.25, 0.3) is 10.8 Å². The number of anilines is 2. The van der Waals surface area contributed by atoms with Crippen molar-refractivity contribution in [3.63, 3.8) is 0 Å². The van der Waals surface area contributed by atoms with Crippen LogP contribution in [0, 0.1) is 0 Å². The molecule has 0 aliphatic carbocycles. The van der Waals surface area contributed by atoms with Gasteiger partial charge in [-0.1, -0.05) is 42.5 Å². The van der Waals surface area contributed by atoms with Crippen LogP contribution in [-0.4, -0.2) is 31.2 Å². The number of carbonyl (C=O) groups excluding carboxylic acids is 1. The Morgan fingerprint density at radius 1 is 0.926 bits per heavy atom. The SMILES string of the molecule is C[C@@H]1CN(c2ccccc2NC(=O)c2ccc3ccccc3c2)C[C@H](C)O1. The molecule has 1 fully saturated rings.